The molecule has 0 amide bonds. The maximum absolute atomic E-state index is 11.2. The minimum atomic E-state index is -0.748. The summed E-state index contributed by atoms with van der Waals surface area (Å²) >= 11 is 0. The second kappa shape index (κ2) is 3.96. The van der Waals surface area contributed by atoms with Gasteiger partial charge in [0.05, 0.1) is 18.6 Å². The number of hydrogen-bond donors (Lipinski definition) is 1. The number of hydrogen-bond acceptors (Lipinski definition) is 3. The zero-order valence-corrected chi connectivity index (χ0v) is 8.84. The minimum Gasteiger partial charge on any atom is -0.481 e. The Morgan fingerprint density at radius 3 is 2.38 bits per heavy atom. The van der Waals surface area contributed by atoms with Gasteiger partial charge in [-0.1, -0.05) is 12.1 Å². The molecule has 0 radical (unpaired) electrons. The van der Waals surface area contributed by atoms with E-state index < -0.39 is 5.97 Å². The summed E-state index contributed by atoms with van der Waals surface area (Å²) in [5.41, 5.74) is 1.46. The molecular weight excluding hydrogens is 208 g/mol. The Kier molecular flexibility index (Phi) is 2.64. The second-order valence-electron chi connectivity index (χ2n) is 3.90. The lowest BCUT2D eigenvalue weighted by molar-refractivity contribution is -0.138. The smallest absolute Gasteiger partial charge is 0.337 e. The van der Waals surface area contributed by atoms with Crippen LogP contribution in [0.5, 0.6) is 0 Å². The van der Waals surface area contributed by atoms with Crippen LogP contribution in [0, 0.1) is 5.92 Å². The maximum atomic E-state index is 11.2. The Bertz CT molecular complexity index is 421. The topological polar surface area (TPSA) is 63.6 Å². The van der Waals surface area contributed by atoms with Gasteiger partial charge in [-0.3, -0.25) is 4.79 Å². The van der Waals surface area contributed by atoms with Crippen LogP contribution >= 0.6 is 0 Å². The molecule has 0 heterocycles. The van der Waals surface area contributed by atoms with Crippen molar-refractivity contribution in [2.75, 3.05) is 7.11 Å². The highest BCUT2D eigenvalue weighted by atomic mass is 16.5. The molecule has 4 heteroatoms. The molecule has 0 saturated heterocycles. The normalized spacial score (nSPS) is 22.6. The molecular formula is C12H12O4. The lowest BCUT2D eigenvalue weighted by Gasteiger charge is -2.01. The standard InChI is InChI=1S/C12H12O4/c1-16-12(15)8-4-2-7(3-5-8)9-6-10(9)11(13)14/h2-5,9-10H,6H2,1H3,(H,13,14)/t9-,10+/m1/s1. The predicted molar refractivity (Wildman–Crippen MR) is 56.3 cm³/mol. The van der Waals surface area contributed by atoms with E-state index >= 15 is 0 Å². The highest BCUT2D eigenvalue weighted by Crippen LogP contribution is 2.47. The Hall–Kier alpha value is -1.84. The van der Waals surface area contributed by atoms with Crippen LogP contribution in [0.1, 0.15) is 28.3 Å². The summed E-state index contributed by atoms with van der Waals surface area (Å²) in [4.78, 5) is 21.9. The van der Waals surface area contributed by atoms with E-state index in [1.54, 1.807) is 24.3 Å². The number of methoxy groups -OCH3 is 1. The van der Waals surface area contributed by atoms with Crippen molar-refractivity contribution in [1.82, 2.24) is 0 Å². The first kappa shape index (κ1) is 10.7. The first-order valence-corrected chi connectivity index (χ1v) is 5.04. The number of benzene rings is 1. The van der Waals surface area contributed by atoms with Crippen molar-refractivity contribution in [3.05, 3.63) is 35.4 Å². The van der Waals surface area contributed by atoms with Crippen LogP contribution < -0.4 is 0 Å². The highest BCUT2D eigenvalue weighted by Gasteiger charge is 2.44. The summed E-state index contributed by atoms with van der Waals surface area (Å²) in [5.74, 6) is -1.28. The molecule has 0 spiro atoms. The number of aliphatic carboxylic acids is 1. The van der Waals surface area contributed by atoms with E-state index in [1.165, 1.54) is 7.11 Å². The minimum absolute atomic E-state index is 0.101. The summed E-state index contributed by atoms with van der Waals surface area (Å²) in [7, 11) is 1.33. The highest BCUT2D eigenvalue weighted by molar-refractivity contribution is 5.89. The van der Waals surface area contributed by atoms with Gasteiger partial charge in [0.25, 0.3) is 0 Å². The van der Waals surface area contributed by atoms with Gasteiger partial charge in [0.2, 0.25) is 0 Å². The molecule has 0 unspecified atom stereocenters. The van der Waals surface area contributed by atoms with E-state index in [4.69, 9.17) is 5.11 Å². The molecule has 1 N–H and O–H groups in total. The molecule has 1 saturated carbocycles. The SMILES string of the molecule is COC(=O)c1ccc([C@H]2C[C@@H]2C(=O)O)cc1. The number of rotatable bonds is 3. The molecule has 1 aromatic carbocycles. The fourth-order valence-electron chi connectivity index (χ4n) is 1.82. The van der Waals surface area contributed by atoms with Crippen LogP contribution in [-0.2, 0) is 9.53 Å². The molecule has 84 valence electrons. The van der Waals surface area contributed by atoms with E-state index in [2.05, 4.69) is 4.74 Å². The predicted octanol–water partition coefficient (Wildman–Crippen LogP) is 1.66. The van der Waals surface area contributed by atoms with Gasteiger partial charge in [0.1, 0.15) is 0 Å². The van der Waals surface area contributed by atoms with Crippen LogP contribution in [0.3, 0.4) is 0 Å². The third-order valence-electron chi connectivity index (χ3n) is 2.87. The van der Waals surface area contributed by atoms with Crippen molar-refractivity contribution < 1.29 is 19.4 Å². The van der Waals surface area contributed by atoms with Crippen LogP contribution in [0.25, 0.3) is 0 Å². The largest absolute Gasteiger partial charge is 0.481 e. The fraction of sp³-hybridized carbons (Fsp3) is 0.333. The van der Waals surface area contributed by atoms with Crippen molar-refractivity contribution in [2.45, 2.75) is 12.3 Å². The van der Waals surface area contributed by atoms with Gasteiger partial charge in [-0.2, -0.15) is 0 Å². The Morgan fingerprint density at radius 2 is 1.94 bits per heavy atom. The van der Waals surface area contributed by atoms with E-state index in [-0.39, 0.29) is 17.8 Å². The zero-order chi connectivity index (χ0) is 11.7. The van der Waals surface area contributed by atoms with Crippen LogP contribution in [0.2, 0.25) is 0 Å². The number of carboxylic acids is 1. The zero-order valence-electron chi connectivity index (χ0n) is 8.84. The number of carbonyl (C=O) groups excluding carboxylic acids is 1. The molecule has 1 aliphatic carbocycles. The van der Waals surface area contributed by atoms with Gasteiger partial charge >= 0.3 is 11.9 Å². The van der Waals surface area contributed by atoms with E-state index in [9.17, 15) is 9.59 Å². The van der Waals surface area contributed by atoms with Crippen molar-refractivity contribution in [3.63, 3.8) is 0 Å². The third kappa shape index (κ3) is 1.91. The molecule has 16 heavy (non-hydrogen) atoms. The molecule has 0 aromatic heterocycles. The summed E-state index contributed by atoms with van der Waals surface area (Å²) in [6.07, 6.45) is 0.687. The van der Waals surface area contributed by atoms with Crippen molar-refractivity contribution >= 4 is 11.9 Å². The van der Waals surface area contributed by atoms with Gasteiger partial charge in [-0.05, 0) is 30.0 Å². The second-order valence-corrected chi connectivity index (χ2v) is 3.90. The van der Waals surface area contributed by atoms with Crippen molar-refractivity contribution in [3.8, 4) is 0 Å². The van der Waals surface area contributed by atoms with E-state index in [1.807, 2.05) is 0 Å². The molecule has 0 aliphatic heterocycles. The van der Waals surface area contributed by atoms with Gasteiger partial charge in [-0.25, -0.2) is 4.79 Å². The first-order chi connectivity index (χ1) is 7.63. The fourth-order valence-corrected chi connectivity index (χ4v) is 1.82. The number of carboxylic acid groups (broad SMARTS) is 1. The summed E-state index contributed by atoms with van der Waals surface area (Å²) in [5, 5.41) is 8.79. The monoisotopic (exact) mass is 220 g/mol. The average molecular weight is 220 g/mol. The number of carbonyl (C=O) groups is 2. The number of ether oxygens (including phenoxy) is 1. The molecule has 4 nitrogen and oxygen atoms in total. The first-order valence-electron chi connectivity index (χ1n) is 5.04. The van der Waals surface area contributed by atoms with Crippen LogP contribution in [0.4, 0.5) is 0 Å². The Balaban J connectivity index is 2.09. The summed E-state index contributed by atoms with van der Waals surface area (Å²) < 4.78 is 4.58. The lowest BCUT2D eigenvalue weighted by Crippen LogP contribution is -2.01. The number of esters is 1. The van der Waals surface area contributed by atoms with Gasteiger partial charge in [-0.15, -0.1) is 0 Å². The quantitative estimate of drug-likeness (QED) is 0.787. The van der Waals surface area contributed by atoms with Gasteiger partial charge < -0.3 is 9.84 Å². The molecule has 1 fully saturated rings. The van der Waals surface area contributed by atoms with Gasteiger partial charge in [0.15, 0.2) is 0 Å². The van der Waals surface area contributed by atoms with E-state index in [0.29, 0.717) is 12.0 Å². The summed E-state index contributed by atoms with van der Waals surface area (Å²) in [6.45, 7) is 0. The average Bonchev–Trinajstić information content (AvgIpc) is 3.08. The molecule has 2 rings (SSSR count). The summed E-state index contributed by atoms with van der Waals surface area (Å²) in [6, 6.07) is 6.91. The van der Waals surface area contributed by atoms with Crippen LogP contribution in [-0.4, -0.2) is 24.2 Å². The Morgan fingerprint density at radius 1 is 1.31 bits per heavy atom. The molecule has 0 bridgehead atoms. The Labute approximate surface area is 92.8 Å². The third-order valence-corrected chi connectivity index (χ3v) is 2.87. The lowest BCUT2D eigenvalue weighted by atomic mass is 10.1. The molecule has 2 atom stereocenters. The maximum Gasteiger partial charge on any atom is 0.337 e. The molecule has 1 aromatic rings. The van der Waals surface area contributed by atoms with Crippen molar-refractivity contribution in [1.29, 1.82) is 0 Å². The molecule has 1 aliphatic rings. The van der Waals surface area contributed by atoms with Gasteiger partial charge in [0, 0.05) is 0 Å². The van der Waals surface area contributed by atoms with E-state index in [0.717, 1.165) is 5.56 Å². The van der Waals surface area contributed by atoms with Crippen LogP contribution in [0.15, 0.2) is 24.3 Å². The van der Waals surface area contributed by atoms with Crippen molar-refractivity contribution in [2.24, 2.45) is 5.92 Å².